The van der Waals surface area contributed by atoms with Crippen LogP contribution in [0.2, 0.25) is 0 Å². The van der Waals surface area contributed by atoms with Gasteiger partial charge >= 0.3 is 5.97 Å². The van der Waals surface area contributed by atoms with E-state index in [1.165, 1.54) is 20.3 Å². The number of aliphatic carboxylic acids is 1. The fourth-order valence-corrected chi connectivity index (χ4v) is 2.30. The largest absolute Gasteiger partial charge is 0.492 e. The smallest absolute Gasteiger partial charge is 0.303 e. The molecule has 0 aliphatic rings. The molecule has 0 aromatic heterocycles. The van der Waals surface area contributed by atoms with Gasteiger partial charge in [0.2, 0.25) is 0 Å². The third-order valence-corrected chi connectivity index (χ3v) is 3.22. The number of nitrogens with two attached hydrogens (primary N) is 1. The Morgan fingerprint density at radius 1 is 1.47 bits per heavy atom. The number of methoxy groups -OCH3 is 2. The van der Waals surface area contributed by atoms with Crippen molar-refractivity contribution in [2.24, 2.45) is 5.73 Å². The van der Waals surface area contributed by atoms with Crippen LogP contribution in [0.5, 0.6) is 11.5 Å². The zero-order valence-electron chi connectivity index (χ0n) is 10.6. The highest BCUT2D eigenvalue weighted by atomic mass is 79.9. The molecule has 19 heavy (non-hydrogen) atoms. The number of benzene rings is 1. The Hall–Kier alpha value is -1.34. The fourth-order valence-electron chi connectivity index (χ4n) is 1.76. The van der Waals surface area contributed by atoms with Crippen molar-refractivity contribution in [3.8, 4) is 11.5 Å². The number of ether oxygens (including phenoxy) is 2. The molecule has 5 nitrogen and oxygen atoms in total. The number of hydrogen-bond donors (Lipinski definition) is 2. The van der Waals surface area contributed by atoms with Crippen LogP contribution in [0.1, 0.15) is 24.4 Å². The number of rotatable bonds is 6. The van der Waals surface area contributed by atoms with Gasteiger partial charge in [-0.2, -0.15) is 0 Å². The van der Waals surface area contributed by atoms with Crippen molar-refractivity contribution < 1.29 is 23.8 Å². The van der Waals surface area contributed by atoms with Gasteiger partial charge in [-0.05, 0) is 28.4 Å². The minimum atomic E-state index is -0.987. The standard InChI is InChI=1S/C12H15BrFNO4/c1-18-11-6(13)5-7(14)10(12(11)19-2)8(15)3-4-9(16)17/h5,8H,3-4,15H2,1-2H3,(H,16,17). The molecule has 106 valence electrons. The monoisotopic (exact) mass is 335 g/mol. The molecule has 1 unspecified atom stereocenters. The molecule has 0 spiro atoms. The van der Waals surface area contributed by atoms with Crippen molar-refractivity contribution >= 4 is 21.9 Å². The molecular weight excluding hydrogens is 321 g/mol. The first-order chi connectivity index (χ1) is 8.92. The van der Waals surface area contributed by atoms with Crippen molar-refractivity contribution in [3.05, 3.63) is 21.9 Å². The summed E-state index contributed by atoms with van der Waals surface area (Å²) in [5.74, 6) is -1.06. The van der Waals surface area contributed by atoms with E-state index in [0.717, 1.165) is 0 Å². The highest BCUT2D eigenvalue weighted by Gasteiger charge is 2.24. The average molecular weight is 336 g/mol. The van der Waals surface area contributed by atoms with Crippen LogP contribution >= 0.6 is 15.9 Å². The Balaban J connectivity index is 3.21. The Labute approximate surface area is 118 Å². The second kappa shape index (κ2) is 6.72. The summed E-state index contributed by atoms with van der Waals surface area (Å²) in [6.07, 6.45) is -0.0461. The van der Waals surface area contributed by atoms with Crippen LogP contribution in [0.3, 0.4) is 0 Å². The molecule has 1 atom stereocenters. The SMILES string of the molecule is COc1c(Br)cc(F)c(C(N)CCC(=O)O)c1OC. The van der Waals surface area contributed by atoms with Crippen molar-refractivity contribution in [2.75, 3.05) is 14.2 Å². The first kappa shape index (κ1) is 15.7. The van der Waals surface area contributed by atoms with Crippen molar-refractivity contribution in [1.29, 1.82) is 0 Å². The molecule has 1 aromatic rings. The zero-order valence-corrected chi connectivity index (χ0v) is 12.2. The Morgan fingerprint density at radius 2 is 2.05 bits per heavy atom. The number of carbonyl (C=O) groups is 1. The first-order valence-corrected chi connectivity index (χ1v) is 6.28. The molecule has 0 saturated heterocycles. The molecule has 0 bridgehead atoms. The molecular formula is C12H15BrFNO4. The van der Waals surface area contributed by atoms with E-state index in [2.05, 4.69) is 15.9 Å². The van der Waals surface area contributed by atoms with Gasteiger partial charge in [0.05, 0.1) is 24.3 Å². The van der Waals surface area contributed by atoms with E-state index in [4.69, 9.17) is 20.3 Å². The minimum Gasteiger partial charge on any atom is -0.492 e. The summed E-state index contributed by atoms with van der Waals surface area (Å²) >= 11 is 3.16. The molecule has 1 rings (SSSR count). The summed E-state index contributed by atoms with van der Waals surface area (Å²) in [5, 5.41) is 8.64. The second-order valence-corrected chi connectivity index (χ2v) is 4.71. The van der Waals surface area contributed by atoms with Crippen LogP contribution in [-0.2, 0) is 4.79 Å². The lowest BCUT2D eigenvalue weighted by Crippen LogP contribution is -2.16. The molecule has 0 aliphatic heterocycles. The third-order valence-electron chi connectivity index (χ3n) is 2.63. The lowest BCUT2D eigenvalue weighted by molar-refractivity contribution is -0.137. The Kier molecular flexibility index (Phi) is 5.56. The van der Waals surface area contributed by atoms with Crippen LogP contribution in [0.15, 0.2) is 10.5 Å². The van der Waals surface area contributed by atoms with Gasteiger partial charge in [0.1, 0.15) is 5.82 Å². The topological polar surface area (TPSA) is 81.8 Å². The fraction of sp³-hybridized carbons (Fsp3) is 0.417. The van der Waals surface area contributed by atoms with Gasteiger partial charge in [0.25, 0.3) is 0 Å². The van der Waals surface area contributed by atoms with Gasteiger partial charge in [-0.1, -0.05) is 0 Å². The summed E-state index contributed by atoms with van der Waals surface area (Å²) in [6.45, 7) is 0. The molecule has 0 fully saturated rings. The summed E-state index contributed by atoms with van der Waals surface area (Å²) in [4.78, 5) is 10.5. The summed E-state index contributed by atoms with van der Waals surface area (Å²) in [5.41, 5.74) is 5.95. The van der Waals surface area contributed by atoms with E-state index in [-0.39, 0.29) is 24.2 Å². The van der Waals surface area contributed by atoms with E-state index >= 15 is 0 Å². The quantitative estimate of drug-likeness (QED) is 0.834. The Morgan fingerprint density at radius 3 is 2.53 bits per heavy atom. The van der Waals surface area contributed by atoms with Gasteiger partial charge in [-0.3, -0.25) is 4.79 Å². The Bertz CT molecular complexity index is 481. The molecule has 0 saturated carbocycles. The number of hydrogen-bond acceptors (Lipinski definition) is 4. The van der Waals surface area contributed by atoms with Crippen LogP contribution < -0.4 is 15.2 Å². The zero-order chi connectivity index (χ0) is 14.6. The van der Waals surface area contributed by atoms with Crippen LogP contribution in [-0.4, -0.2) is 25.3 Å². The van der Waals surface area contributed by atoms with Crippen LogP contribution in [0.25, 0.3) is 0 Å². The maximum atomic E-state index is 14.0. The van der Waals surface area contributed by atoms with E-state index in [9.17, 15) is 9.18 Å². The molecule has 7 heteroatoms. The van der Waals surface area contributed by atoms with Crippen molar-refractivity contribution in [1.82, 2.24) is 0 Å². The van der Waals surface area contributed by atoms with Gasteiger partial charge < -0.3 is 20.3 Å². The van der Waals surface area contributed by atoms with Crippen LogP contribution in [0.4, 0.5) is 4.39 Å². The predicted molar refractivity (Wildman–Crippen MR) is 71.0 cm³/mol. The van der Waals surface area contributed by atoms with Crippen molar-refractivity contribution in [3.63, 3.8) is 0 Å². The summed E-state index contributed by atoms with van der Waals surface area (Å²) < 4.78 is 24.7. The molecule has 1 aromatic carbocycles. The molecule has 0 heterocycles. The third kappa shape index (κ3) is 3.57. The highest BCUT2D eigenvalue weighted by Crippen LogP contribution is 2.42. The van der Waals surface area contributed by atoms with E-state index in [1.54, 1.807) is 0 Å². The number of halogens is 2. The highest BCUT2D eigenvalue weighted by molar-refractivity contribution is 9.10. The summed E-state index contributed by atoms with van der Waals surface area (Å²) in [6, 6.07) is 0.435. The molecule has 3 N–H and O–H groups in total. The molecule has 0 aliphatic carbocycles. The van der Waals surface area contributed by atoms with Gasteiger partial charge in [-0.25, -0.2) is 4.39 Å². The maximum absolute atomic E-state index is 14.0. The maximum Gasteiger partial charge on any atom is 0.303 e. The molecule has 0 amide bonds. The van der Waals surface area contributed by atoms with Crippen molar-refractivity contribution in [2.45, 2.75) is 18.9 Å². The predicted octanol–water partition coefficient (Wildman–Crippen LogP) is 2.47. The van der Waals surface area contributed by atoms with Gasteiger partial charge in [0, 0.05) is 12.5 Å². The van der Waals surface area contributed by atoms with Gasteiger partial charge in [-0.15, -0.1) is 0 Å². The first-order valence-electron chi connectivity index (χ1n) is 5.49. The van der Waals surface area contributed by atoms with Crippen LogP contribution in [0, 0.1) is 5.82 Å². The van der Waals surface area contributed by atoms with Gasteiger partial charge in [0.15, 0.2) is 11.5 Å². The van der Waals surface area contributed by atoms with E-state index < -0.39 is 17.8 Å². The van der Waals surface area contributed by atoms with E-state index in [1.807, 2.05) is 0 Å². The normalized spacial score (nSPS) is 12.1. The summed E-state index contributed by atoms with van der Waals surface area (Å²) in [7, 11) is 2.80. The van der Waals surface area contributed by atoms with E-state index in [0.29, 0.717) is 10.2 Å². The number of carboxylic acids is 1. The lowest BCUT2D eigenvalue weighted by atomic mass is 10.0. The molecule has 0 radical (unpaired) electrons. The lowest BCUT2D eigenvalue weighted by Gasteiger charge is -2.19. The average Bonchev–Trinajstić information content (AvgIpc) is 2.34. The minimum absolute atomic E-state index is 0.105. The number of carboxylic acid groups (broad SMARTS) is 1. The second-order valence-electron chi connectivity index (χ2n) is 3.86.